The fourth-order valence-corrected chi connectivity index (χ4v) is 2.16. The van der Waals surface area contributed by atoms with E-state index in [0.29, 0.717) is 12.0 Å². The third-order valence-corrected chi connectivity index (χ3v) is 3.17. The average Bonchev–Trinajstić information content (AvgIpc) is 2.67. The van der Waals surface area contributed by atoms with E-state index in [0.717, 1.165) is 19.6 Å². The van der Waals surface area contributed by atoms with Gasteiger partial charge in [0.25, 0.3) is 0 Å². The molecule has 2 rings (SSSR count). The highest BCUT2D eigenvalue weighted by atomic mass is 15.2. The van der Waals surface area contributed by atoms with Gasteiger partial charge in [-0.2, -0.15) is 5.10 Å². The minimum atomic E-state index is 0.443. The summed E-state index contributed by atoms with van der Waals surface area (Å²) in [5.74, 6) is 0.536. The van der Waals surface area contributed by atoms with Crippen LogP contribution in [0.15, 0.2) is 6.20 Å². The van der Waals surface area contributed by atoms with Crippen molar-refractivity contribution in [1.29, 1.82) is 0 Å². The predicted molar refractivity (Wildman–Crippen MR) is 60.9 cm³/mol. The van der Waals surface area contributed by atoms with Gasteiger partial charge in [0.1, 0.15) is 0 Å². The third kappa shape index (κ3) is 2.06. The maximum Gasteiger partial charge on any atom is 0.0641 e. The quantitative estimate of drug-likeness (QED) is 0.765. The van der Waals surface area contributed by atoms with Crippen LogP contribution in [-0.2, 0) is 0 Å². The van der Waals surface area contributed by atoms with Gasteiger partial charge in [0.05, 0.1) is 17.9 Å². The number of nitrogens with zero attached hydrogens (tertiary/aromatic N) is 2. The molecular weight excluding hydrogens is 188 g/mol. The Morgan fingerprint density at radius 3 is 3.00 bits per heavy atom. The number of hydrogen-bond donors (Lipinski definition) is 2. The Labute approximate surface area is 91.1 Å². The molecular formula is C11H20N4. The number of H-pyrrole nitrogens is 1. The van der Waals surface area contributed by atoms with Gasteiger partial charge >= 0.3 is 0 Å². The fourth-order valence-electron chi connectivity index (χ4n) is 2.16. The Morgan fingerprint density at radius 2 is 2.33 bits per heavy atom. The van der Waals surface area contributed by atoms with Crippen molar-refractivity contribution in [3.63, 3.8) is 0 Å². The van der Waals surface area contributed by atoms with Crippen molar-refractivity contribution in [2.24, 2.45) is 0 Å². The molecule has 0 radical (unpaired) electrons. The first-order valence-corrected chi connectivity index (χ1v) is 5.64. The van der Waals surface area contributed by atoms with Crippen LogP contribution in [0.3, 0.4) is 0 Å². The highest BCUT2D eigenvalue weighted by Gasteiger charge is 2.24. The van der Waals surface area contributed by atoms with Crippen LogP contribution in [0, 0.1) is 0 Å². The number of piperazine rings is 1. The van der Waals surface area contributed by atoms with E-state index in [2.05, 4.69) is 41.3 Å². The highest BCUT2D eigenvalue weighted by molar-refractivity contribution is 5.24. The van der Waals surface area contributed by atoms with E-state index in [1.54, 1.807) is 0 Å². The number of nitrogens with one attached hydrogen (secondary N) is 2. The zero-order valence-electron chi connectivity index (χ0n) is 9.75. The molecule has 0 saturated carbocycles. The molecule has 0 amide bonds. The number of aromatic amines is 1. The Kier molecular flexibility index (Phi) is 3.07. The highest BCUT2D eigenvalue weighted by Crippen LogP contribution is 2.26. The van der Waals surface area contributed by atoms with Crippen LogP contribution in [0.1, 0.15) is 37.1 Å². The molecule has 2 N–H and O–H groups in total. The summed E-state index contributed by atoms with van der Waals surface area (Å²) >= 11 is 0. The molecule has 1 saturated heterocycles. The van der Waals surface area contributed by atoms with Gasteiger partial charge in [-0.25, -0.2) is 0 Å². The summed E-state index contributed by atoms with van der Waals surface area (Å²) < 4.78 is 0. The Hall–Kier alpha value is -0.870. The largest absolute Gasteiger partial charge is 0.313 e. The molecule has 1 atom stereocenters. The van der Waals surface area contributed by atoms with Gasteiger partial charge in [-0.3, -0.25) is 10.00 Å². The molecule has 0 aliphatic carbocycles. The van der Waals surface area contributed by atoms with E-state index < -0.39 is 0 Å². The summed E-state index contributed by atoms with van der Waals surface area (Å²) in [5.41, 5.74) is 2.62. The minimum absolute atomic E-state index is 0.443. The molecule has 0 spiro atoms. The van der Waals surface area contributed by atoms with Gasteiger partial charge in [0.15, 0.2) is 0 Å². The van der Waals surface area contributed by atoms with Crippen molar-refractivity contribution in [1.82, 2.24) is 20.4 Å². The number of hydrogen-bond acceptors (Lipinski definition) is 3. The van der Waals surface area contributed by atoms with Crippen LogP contribution in [0.25, 0.3) is 0 Å². The Morgan fingerprint density at radius 1 is 1.53 bits per heavy atom. The molecule has 84 valence electrons. The van der Waals surface area contributed by atoms with Gasteiger partial charge in [0.2, 0.25) is 0 Å². The lowest BCUT2D eigenvalue weighted by atomic mass is 9.99. The van der Waals surface area contributed by atoms with Crippen LogP contribution < -0.4 is 5.32 Å². The molecule has 15 heavy (non-hydrogen) atoms. The molecule has 1 aromatic heterocycles. The van der Waals surface area contributed by atoms with E-state index in [1.165, 1.54) is 11.3 Å². The summed E-state index contributed by atoms with van der Waals surface area (Å²) in [5, 5.41) is 10.8. The van der Waals surface area contributed by atoms with Crippen molar-refractivity contribution >= 4 is 0 Å². The maximum absolute atomic E-state index is 4.17. The first-order valence-electron chi connectivity index (χ1n) is 5.64. The molecule has 1 aromatic rings. The number of likely N-dealkylation sites (N-methyl/N-ethyl adjacent to an activating group) is 1. The molecule has 1 aliphatic heterocycles. The smallest absolute Gasteiger partial charge is 0.0641 e. The van der Waals surface area contributed by atoms with E-state index in [4.69, 9.17) is 0 Å². The van der Waals surface area contributed by atoms with Crippen molar-refractivity contribution in [2.75, 3.05) is 26.7 Å². The van der Waals surface area contributed by atoms with E-state index >= 15 is 0 Å². The van der Waals surface area contributed by atoms with Crippen LogP contribution in [0.2, 0.25) is 0 Å². The standard InChI is InChI=1S/C11H20N4/c1-8(2)9-6-13-14-11(9)10-7-12-4-5-15(10)3/h6,8,10,12H,4-5,7H2,1-3H3,(H,13,14). The van der Waals surface area contributed by atoms with Crippen LogP contribution in [-0.4, -0.2) is 41.8 Å². The van der Waals surface area contributed by atoms with E-state index in [1.807, 2.05) is 6.20 Å². The molecule has 1 unspecified atom stereocenters. The second-order valence-electron chi connectivity index (χ2n) is 4.59. The van der Waals surface area contributed by atoms with Crippen LogP contribution >= 0.6 is 0 Å². The van der Waals surface area contributed by atoms with Crippen LogP contribution in [0.4, 0.5) is 0 Å². The van der Waals surface area contributed by atoms with Gasteiger partial charge < -0.3 is 5.32 Å². The summed E-state index contributed by atoms with van der Waals surface area (Å²) in [6, 6.07) is 0.443. The molecule has 1 fully saturated rings. The van der Waals surface area contributed by atoms with Gasteiger partial charge in [-0.15, -0.1) is 0 Å². The molecule has 1 aliphatic rings. The summed E-state index contributed by atoms with van der Waals surface area (Å²) in [6.45, 7) is 7.62. The molecule has 2 heterocycles. The van der Waals surface area contributed by atoms with Crippen molar-refractivity contribution in [3.8, 4) is 0 Å². The zero-order valence-corrected chi connectivity index (χ0v) is 9.75. The first-order chi connectivity index (χ1) is 7.20. The molecule has 0 bridgehead atoms. The first kappa shape index (κ1) is 10.6. The second-order valence-corrected chi connectivity index (χ2v) is 4.59. The lowest BCUT2D eigenvalue weighted by Gasteiger charge is -2.33. The topological polar surface area (TPSA) is 44.0 Å². The number of rotatable bonds is 2. The molecule has 4 nitrogen and oxygen atoms in total. The lowest BCUT2D eigenvalue weighted by molar-refractivity contribution is 0.197. The predicted octanol–water partition coefficient (Wildman–Crippen LogP) is 1.11. The molecule has 0 aromatic carbocycles. The minimum Gasteiger partial charge on any atom is -0.313 e. The van der Waals surface area contributed by atoms with Crippen molar-refractivity contribution in [2.45, 2.75) is 25.8 Å². The summed E-state index contributed by atoms with van der Waals surface area (Å²) in [6.07, 6.45) is 1.96. The van der Waals surface area contributed by atoms with E-state index in [9.17, 15) is 0 Å². The van der Waals surface area contributed by atoms with Crippen molar-refractivity contribution in [3.05, 3.63) is 17.5 Å². The summed E-state index contributed by atoms with van der Waals surface area (Å²) in [4.78, 5) is 2.38. The third-order valence-electron chi connectivity index (χ3n) is 3.17. The van der Waals surface area contributed by atoms with Crippen molar-refractivity contribution < 1.29 is 0 Å². The Bertz CT molecular complexity index is 318. The fraction of sp³-hybridized carbons (Fsp3) is 0.727. The van der Waals surface area contributed by atoms with Gasteiger partial charge in [0, 0.05) is 19.6 Å². The van der Waals surface area contributed by atoms with E-state index in [-0.39, 0.29) is 0 Å². The van der Waals surface area contributed by atoms with Gasteiger partial charge in [-0.1, -0.05) is 13.8 Å². The normalized spacial score (nSPS) is 23.6. The summed E-state index contributed by atoms with van der Waals surface area (Å²) in [7, 11) is 2.18. The SMILES string of the molecule is CC(C)c1cn[nH]c1C1CNCCN1C. The second kappa shape index (κ2) is 4.33. The number of aromatic nitrogens is 2. The Balaban J connectivity index is 2.23. The average molecular weight is 208 g/mol. The maximum atomic E-state index is 4.17. The molecule has 4 heteroatoms. The lowest BCUT2D eigenvalue weighted by Crippen LogP contribution is -2.44. The van der Waals surface area contributed by atoms with Gasteiger partial charge in [-0.05, 0) is 18.5 Å². The van der Waals surface area contributed by atoms with Crippen LogP contribution in [0.5, 0.6) is 0 Å². The zero-order chi connectivity index (χ0) is 10.8. The monoisotopic (exact) mass is 208 g/mol.